The fourth-order valence-electron chi connectivity index (χ4n) is 1.78. The number of nitrogens with one attached hydrogen (secondary N) is 1. The van der Waals surface area contributed by atoms with Gasteiger partial charge in [-0.05, 0) is 23.6 Å². The number of aromatic amines is 1. The van der Waals surface area contributed by atoms with Gasteiger partial charge in [-0.3, -0.25) is 9.78 Å². The fraction of sp³-hybridized carbons (Fsp3) is 0. The first-order chi connectivity index (χ1) is 8.34. The molecule has 0 atom stereocenters. The Morgan fingerprint density at radius 2 is 1.88 bits per heavy atom. The van der Waals surface area contributed by atoms with Crippen LogP contribution in [-0.2, 0) is 0 Å². The van der Waals surface area contributed by atoms with Gasteiger partial charge in [0.2, 0.25) is 0 Å². The normalized spacial score (nSPS) is 10.6. The summed E-state index contributed by atoms with van der Waals surface area (Å²) in [6, 6.07) is 16.3. The third kappa shape index (κ3) is 1.97. The number of para-hydroxylation sites is 1. The van der Waals surface area contributed by atoms with Gasteiger partial charge in [-0.15, -0.1) is 11.3 Å². The van der Waals surface area contributed by atoms with Gasteiger partial charge in [-0.1, -0.05) is 36.5 Å². The van der Waals surface area contributed by atoms with Crippen LogP contribution in [0.5, 0.6) is 0 Å². The molecule has 1 aromatic carbocycles. The van der Waals surface area contributed by atoms with E-state index in [4.69, 9.17) is 12.2 Å². The van der Waals surface area contributed by atoms with Crippen molar-refractivity contribution in [1.82, 2.24) is 9.78 Å². The van der Waals surface area contributed by atoms with Gasteiger partial charge in [0.1, 0.15) is 4.64 Å². The Morgan fingerprint density at radius 3 is 2.59 bits per heavy atom. The van der Waals surface area contributed by atoms with Gasteiger partial charge in [0.25, 0.3) is 0 Å². The SMILES string of the molecule is S=c1cc(-c2cccs2)n(-c2ccccc2)[nH]1. The average molecular weight is 258 g/mol. The van der Waals surface area contributed by atoms with Crippen molar-refractivity contribution in [2.45, 2.75) is 0 Å². The van der Waals surface area contributed by atoms with E-state index in [1.807, 2.05) is 35.0 Å². The molecule has 2 aromatic heterocycles. The molecule has 0 radical (unpaired) electrons. The van der Waals surface area contributed by atoms with E-state index in [1.54, 1.807) is 11.3 Å². The summed E-state index contributed by atoms with van der Waals surface area (Å²) in [6.45, 7) is 0. The van der Waals surface area contributed by atoms with Crippen LogP contribution in [0.4, 0.5) is 0 Å². The van der Waals surface area contributed by atoms with Crippen molar-refractivity contribution < 1.29 is 0 Å². The molecule has 17 heavy (non-hydrogen) atoms. The van der Waals surface area contributed by atoms with E-state index < -0.39 is 0 Å². The quantitative estimate of drug-likeness (QED) is 0.681. The first-order valence-electron chi connectivity index (χ1n) is 5.26. The molecule has 0 aliphatic heterocycles. The van der Waals surface area contributed by atoms with Crippen LogP contribution in [0.1, 0.15) is 0 Å². The van der Waals surface area contributed by atoms with Gasteiger partial charge < -0.3 is 0 Å². The summed E-state index contributed by atoms with van der Waals surface area (Å²) in [5.41, 5.74) is 2.20. The molecule has 0 spiro atoms. The summed E-state index contributed by atoms with van der Waals surface area (Å²) in [5.74, 6) is 0. The average Bonchev–Trinajstić information content (AvgIpc) is 2.98. The summed E-state index contributed by atoms with van der Waals surface area (Å²) >= 11 is 6.93. The van der Waals surface area contributed by atoms with Crippen LogP contribution in [0.2, 0.25) is 0 Å². The lowest BCUT2D eigenvalue weighted by molar-refractivity contribution is 0.883. The highest BCUT2D eigenvalue weighted by molar-refractivity contribution is 7.71. The summed E-state index contributed by atoms with van der Waals surface area (Å²) in [5, 5.41) is 5.26. The van der Waals surface area contributed by atoms with E-state index in [2.05, 4.69) is 28.7 Å². The molecule has 84 valence electrons. The van der Waals surface area contributed by atoms with Gasteiger partial charge in [0.05, 0.1) is 16.3 Å². The molecular formula is C13H10N2S2. The molecule has 0 saturated carbocycles. The second-order valence-corrected chi connectivity index (χ2v) is 5.04. The number of nitrogens with zero attached hydrogens (tertiary/aromatic N) is 1. The van der Waals surface area contributed by atoms with Crippen LogP contribution in [0.25, 0.3) is 16.3 Å². The first kappa shape index (κ1) is 10.5. The van der Waals surface area contributed by atoms with Gasteiger partial charge in [0.15, 0.2) is 0 Å². The zero-order chi connectivity index (χ0) is 11.7. The number of thiophene rings is 1. The summed E-state index contributed by atoms with van der Waals surface area (Å²) in [7, 11) is 0. The lowest BCUT2D eigenvalue weighted by Crippen LogP contribution is -1.97. The Labute approximate surface area is 108 Å². The first-order valence-corrected chi connectivity index (χ1v) is 6.55. The minimum absolute atomic E-state index is 0.747. The molecule has 4 heteroatoms. The third-order valence-corrected chi connectivity index (χ3v) is 3.62. The van der Waals surface area contributed by atoms with Crippen molar-refractivity contribution >= 4 is 23.6 Å². The Hall–Kier alpha value is -1.65. The maximum Gasteiger partial charge on any atom is 0.120 e. The molecule has 0 amide bonds. The van der Waals surface area contributed by atoms with E-state index in [-0.39, 0.29) is 0 Å². The highest BCUT2D eigenvalue weighted by atomic mass is 32.1. The van der Waals surface area contributed by atoms with Crippen molar-refractivity contribution in [2.24, 2.45) is 0 Å². The summed E-state index contributed by atoms with van der Waals surface area (Å²) < 4.78 is 2.77. The molecule has 0 aliphatic carbocycles. The lowest BCUT2D eigenvalue weighted by atomic mass is 10.3. The minimum Gasteiger partial charge on any atom is -0.283 e. The molecule has 3 aromatic rings. The van der Waals surface area contributed by atoms with E-state index >= 15 is 0 Å². The fourth-order valence-corrected chi connectivity index (χ4v) is 2.71. The predicted octanol–water partition coefficient (Wildman–Crippen LogP) is 4.26. The van der Waals surface area contributed by atoms with Crippen molar-refractivity contribution in [3.63, 3.8) is 0 Å². The maximum atomic E-state index is 5.22. The summed E-state index contributed by atoms with van der Waals surface area (Å²) in [4.78, 5) is 1.21. The molecule has 0 aliphatic rings. The third-order valence-electron chi connectivity index (χ3n) is 2.52. The molecule has 1 N–H and O–H groups in total. The molecule has 0 bridgehead atoms. The van der Waals surface area contributed by atoms with Crippen LogP contribution in [0.15, 0.2) is 53.9 Å². The Bertz CT molecular complexity index is 663. The molecule has 0 saturated heterocycles. The number of hydrogen-bond donors (Lipinski definition) is 1. The van der Waals surface area contributed by atoms with Crippen molar-refractivity contribution in [1.29, 1.82) is 0 Å². The molecule has 2 heterocycles. The maximum absolute atomic E-state index is 5.22. The van der Waals surface area contributed by atoms with Crippen LogP contribution >= 0.6 is 23.6 Å². The second-order valence-electron chi connectivity index (χ2n) is 3.65. The lowest BCUT2D eigenvalue weighted by Gasteiger charge is -2.06. The Balaban J connectivity index is 2.22. The van der Waals surface area contributed by atoms with E-state index in [9.17, 15) is 0 Å². The van der Waals surface area contributed by atoms with Crippen molar-refractivity contribution in [3.05, 3.63) is 58.6 Å². The van der Waals surface area contributed by atoms with Crippen LogP contribution in [0.3, 0.4) is 0 Å². The highest BCUT2D eigenvalue weighted by Crippen LogP contribution is 2.26. The van der Waals surface area contributed by atoms with E-state index in [0.717, 1.165) is 16.0 Å². The van der Waals surface area contributed by atoms with Crippen LogP contribution in [-0.4, -0.2) is 9.78 Å². The van der Waals surface area contributed by atoms with Crippen molar-refractivity contribution in [2.75, 3.05) is 0 Å². The number of hydrogen-bond acceptors (Lipinski definition) is 2. The number of H-pyrrole nitrogens is 1. The zero-order valence-electron chi connectivity index (χ0n) is 8.96. The largest absolute Gasteiger partial charge is 0.283 e. The molecule has 2 nitrogen and oxygen atoms in total. The molecule has 3 rings (SSSR count). The van der Waals surface area contributed by atoms with Gasteiger partial charge >= 0.3 is 0 Å². The Morgan fingerprint density at radius 1 is 1.06 bits per heavy atom. The summed E-state index contributed by atoms with van der Waals surface area (Å²) in [6.07, 6.45) is 0. The highest BCUT2D eigenvalue weighted by Gasteiger charge is 2.07. The monoisotopic (exact) mass is 258 g/mol. The van der Waals surface area contributed by atoms with Crippen molar-refractivity contribution in [3.8, 4) is 16.3 Å². The zero-order valence-corrected chi connectivity index (χ0v) is 10.6. The minimum atomic E-state index is 0.747. The number of rotatable bonds is 2. The van der Waals surface area contributed by atoms with E-state index in [0.29, 0.717) is 0 Å². The molecule has 0 unspecified atom stereocenters. The number of aromatic nitrogens is 2. The smallest absolute Gasteiger partial charge is 0.120 e. The van der Waals surface area contributed by atoms with Crippen LogP contribution < -0.4 is 0 Å². The van der Waals surface area contributed by atoms with Gasteiger partial charge in [-0.25, -0.2) is 0 Å². The molecule has 0 fully saturated rings. The second kappa shape index (κ2) is 4.31. The molecular weight excluding hydrogens is 248 g/mol. The number of benzene rings is 1. The van der Waals surface area contributed by atoms with Gasteiger partial charge in [0, 0.05) is 6.07 Å². The Kier molecular flexibility index (Phi) is 2.66. The van der Waals surface area contributed by atoms with E-state index in [1.165, 1.54) is 4.88 Å². The topological polar surface area (TPSA) is 20.7 Å². The predicted molar refractivity (Wildman–Crippen MR) is 74.3 cm³/mol. The van der Waals surface area contributed by atoms with Gasteiger partial charge in [-0.2, -0.15) is 0 Å². The van der Waals surface area contributed by atoms with Crippen LogP contribution in [0, 0.1) is 4.64 Å². The standard InChI is InChI=1S/C13H10N2S2/c16-13-9-11(12-7-4-8-17-12)15(14-13)10-5-2-1-3-6-10/h1-9H,(H,14,16).